The maximum absolute atomic E-state index is 5.83. The van der Waals surface area contributed by atoms with E-state index in [-0.39, 0.29) is 6.04 Å². The number of likely N-dealkylation sites (N-methyl/N-ethyl adjacent to an activating group) is 1. The van der Waals surface area contributed by atoms with Gasteiger partial charge in [-0.1, -0.05) is 44.4 Å². The molecule has 1 rings (SSSR count). The number of unbranched alkanes of at least 4 members (excludes halogenated alkanes) is 2. The first-order valence-corrected chi connectivity index (χ1v) is 7.68. The van der Waals surface area contributed by atoms with Crippen molar-refractivity contribution < 1.29 is 9.47 Å². The predicted molar refractivity (Wildman–Crippen MR) is 84.5 cm³/mol. The molecule has 1 N–H and O–H groups in total. The smallest absolute Gasteiger partial charge is 0.123 e. The lowest BCUT2D eigenvalue weighted by Gasteiger charge is -2.21. The van der Waals surface area contributed by atoms with Crippen LogP contribution in [0.2, 0.25) is 0 Å². The van der Waals surface area contributed by atoms with Crippen molar-refractivity contribution >= 4 is 0 Å². The quantitative estimate of drug-likeness (QED) is 0.660. The normalized spacial score (nSPS) is 12.4. The van der Waals surface area contributed by atoms with Gasteiger partial charge in [-0.25, -0.2) is 0 Å². The van der Waals surface area contributed by atoms with Crippen molar-refractivity contribution in [3.63, 3.8) is 0 Å². The van der Waals surface area contributed by atoms with Crippen molar-refractivity contribution in [1.29, 1.82) is 0 Å². The second kappa shape index (κ2) is 9.78. The van der Waals surface area contributed by atoms with Crippen molar-refractivity contribution in [3.05, 3.63) is 29.3 Å². The van der Waals surface area contributed by atoms with E-state index in [1.807, 2.05) is 6.07 Å². The van der Waals surface area contributed by atoms with Gasteiger partial charge in [0.15, 0.2) is 0 Å². The van der Waals surface area contributed by atoms with Crippen molar-refractivity contribution in [1.82, 2.24) is 5.32 Å². The molecule has 3 heteroatoms. The molecule has 1 unspecified atom stereocenters. The van der Waals surface area contributed by atoms with Crippen molar-refractivity contribution in [2.75, 3.05) is 26.9 Å². The lowest BCUT2D eigenvalue weighted by Crippen LogP contribution is -2.26. The van der Waals surface area contributed by atoms with Gasteiger partial charge in [-0.3, -0.25) is 0 Å². The number of hydrogen-bond donors (Lipinski definition) is 1. The Morgan fingerprint density at radius 3 is 2.65 bits per heavy atom. The zero-order valence-corrected chi connectivity index (χ0v) is 13.4. The molecule has 3 nitrogen and oxygen atoms in total. The van der Waals surface area contributed by atoms with E-state index in [4.69, 9.17) is 9.47 Å². The van der Waals surface area contributed by atoms with Crippen LogP contribution in [0, 0.1) is 6.92 Å². The van der Waals surface area contributed by atoms with E-state index in [1.54, 1.807) is 7.11 Å². The van der Waals surface area contributed by atoms with Gasteiger partial charge in [-0.2, -0.15) is 0 Å². The molecule has 0 amide bonds. The van der Waals surface area contributed by atoms with Gasteiger partial charge in [0.2, 0.25) is 0 Å². The average molecular weight is 279 g/mol. The van der Waals surface area contributed by atoms with Gasteiger partial charge in [0.1, 0.15) is 5.75 Å². The summed E-state index contributed by atoms with van der Waals surface area (Å²) < 4.78 is 11.3. The molecule has 0 aliphatic heterocycles. The molecule has 0 aliphatic carbocycles. The van der Waals surface area contributed by atoms with Crippen LogP contribution >= 0.6 is 0 Å². The zero-order valence-electron chi connectivity index (χ0n) is 13.4. The Balaban J connectivity index is 2.67. The largest absolute Gasteiger partial charge is 0.496 e. The van der Waals surface area contributed by atoms with Gasteiger partial charge >= 0.3 is 0 Å². The van der Waals surface area contributed by atoms with Gasteiger partial charge in [-0.15, -0.1) is 0 Å². The third-order valence-electron chi connectivity index (χ3n) is 3.39. The van der Waals surface area contributed by atoms with Crippen LogP contribution in [0.5, 0.6) is 5.75 Å². The maximum atomic E-state index is 5.83. The fourth-order valence-corrected chi connectivity index (χ4v) is 2.29. The van der Waals surface area contributed by atoms with Gasteiger partial charge in [0.05, 0.1) is 19.8 Å². The Morgan fingerprint density at radius 2 is 2.00 bits per heavy atom. The third-order valence-corrected chi connectivity index (χ3v) is 3.39. The molecule has 1 atom stereocenters. The number of aryl methyl sites for hydroxylation is 1. The van der Waals surface area contributed by atoms with Crippen LogP contribution in [0.4, 0.5) is 0 Å². The molecular weight excluding hydrogens is 250 g/mol. The van der Waals surface area contributed by atoms with Crippen LogP contribution in [0.25, 0.3) is 0 Å². The van der Waals surface area contributed by atoms with E-state index in [1.165, 1.54) is 24.0 Å². The molecule has 0 saturated heterocycles. The van der Waals surface area contributed by atoms with Crippen LogP contribution < -0.4 is 10.1 Å². The zero-order chi connectivity index (χ0) is 14.8. The highest BCUT2D eigenvalue weighted by molar-refractivity contribution is 5.39. The van der Waals surface area contributed by atoms with Crippen LogP contribution in [-0.4, -0.2) is 26.9 Å². The highest BCUT2D eigenvalue weighted by Crippen LogP contribution is 2.26. The Kier molecular flexibility index (Phi) is 8.31. The standard InChI is InChI=1S/C17H29NO2/c1-5-7-8-11-20-13-16(18-6-2)15-12-14(3)9-10-17(15)19-4/h9-10,12,16,18H,5-8,11,13H2,1-4H3. The van der Waals surface area contributed by atoms with Crippen LogP contribution in [0.3, 0.4) is 0 Å². The summed E-state index contributed by atoms with van der Waals surface area (Å²) in [5.74, 6) is 0.929. The second-order valence-electron chi connectivity index (χ2n) is 5.14. The van der Waals surface area contributed by atoms with Crippen molar-refractivity contribution in [3.8, 4) is 5.75 Å². The number of benzene rings is 1. The summed E-state index contributed by atoms with van der Waals surface area (Å²) in [7, 11) is 1.72. The highest BCUT2D eigenvalue weighted by Gasteiger charge is 2.15. The lowest BCUT2D eigenvalue weighted by atomic mass is 10.0. The molecule has 1 aromatic carbocycles. The molecule has 114 valence electrons. The molecule has 0 heterocycles. The minimum atomic E-state index is 0.191. The predicted octanol–water partition coefficient (Wildman–Crippen LogP) is 3.86. The Labute approximate surface area is 123 Å². The molecule has 0 aromatic heterocycles. The average Bonchev–Trinajstić information content (AvgIpc) is 2.46. The first kappa shape index (κ1) is 17.0. The fourth-order valence-electron chi connectivity index (χ4n) is 2.29. The number of nitrogens with one attached hydrogen (secondary N) is 1. The fraction of sp³-hybridized carbons (Fsp3) is 0.647. The van der Waals surface area contributed by atoms with Crippen molar-refractivity contribution in [2.45, 2.75) is 46.1 Å². The molecule has 0 bridgehead atoms. The Bertz CT molecular complexity index is 379. The van der Waals surface area contributed by atoms with E-state index in [0.717, 1.165) is 25.3 Å². The van der Waals surface area contributed by atoms with E-state index >= 15 is 0 Å². The summed E-state index contributed by atoms with van der Waals surface area (Å²) in [6.45, 7) is 8.88. The van der Waals surface area contributed by atoms with Crippen molar-refractivity contribution in [2.24, 2.45) is 0 Å². The molecule has 0 spiro atoms. The van der Waals surface area contributed by atoms with Crippen LogP contribution in [-0.2, 0) is 4.74 Å². The van der Waals surface area contributed by atoms with E-state index in [2.05, 4.69) is 38.2 Å². The Morgan fingerprint density at radius 1 is 1.20 bits per heavy atom. The monoisotopic (exact) mass is 279 g/mol. The number of ether oxygens (including phenoxy) is 2. The molecular formula is C17H29NO2. The van der Waals surface area contributed by atoms with Gasteiger partial charge in [0.25, 0.3) is 0 Å². The highest BCUT2D eigenvalue weighted by atomic mass is 16.5. The maximum Gasteiger partial charge on any atom is 0.123 e. The molecule has 0 aliphatic rings. The minimum absolute atomic E-state index is 0.191. The number of rotatable bonds is 10. The Hall–Kier alpha value is -1.06. The third kappa shape index (κ3) is 5.51. The molecule has 1 aromatic rings. The number of hydrogen-bond acceptors (Lipinski definition) is 3. The lowest BCUT2D eigenvalue weighted by molar-refractivity contribution is 0.108. The first-order valence-electron chi connectivity index (χ1n) is 7.68. The first-order chi connectivity index (χ1) is 9.72. The topological polar surface area (TPSA) is 30.5 Å². The van der Waals surface area contributed by atoms with E-state index in [9.17, 15) is 0 Å². The summed E-state index contributed by atoms with van der Waals surface area (Å²) in [5, 5.41) is 3.49. The van der Waals surface area contributed by atoms with Gasteiger partial charge in [0, 0.05) is 12.2 Å². The summed E-state index contributed by atoms with van der Waals surface area (Å²) in [5.41, 5.74) is 2.43. The van der Waals surface area contributed by atoms with Gasteiger partial charge < -0.3 is 14.8 Å². The van der Waals surface area contributed by atoms with E-state index < -0.39 is 0 Å². The molecule has 0 radical (unpaired) electrons. The molecule has 0 saturated carbocycles. The summed E-state index contributed by atoms with van der Waals surface area (Å²) in [6.07, 6.45) is 3.60. The number of methoxy groups -OCH3 is 1. The summed E-state index contributed by atoms with van der Waals surface area (Å²) >= 11 is 0. The summed E-state index contributed by atoms with van der Waals surface area (Å²) in [4.78, 5) is 0. The second-order valence-corrected chi connectivity index (χ2v) is 5.14. The minimum Gasteiger partial charge on any atom is -0.496 e. The van der Waals surface area contributed by atoms with Crippen LogP contribution in [0.1, 0.15) is 50.3 Å². The SMILES string of the molecule is CCCCCOCC(NCC)c1cc(C)ccc1OC. The van der Waals surface area contributed by atoms with Crippen LogP contribution in [0.15, 0.2) is 18.2 Å². The molecule has 0 fully saturated rings. The van der Waals surface area contributed by atoms with E-state index in [0.29, 0.717) is 6.61 Å². The van der Waals surface area contributed by atoms with Gasteiger partial charge in [-0.05, 0) is 26.0 Å². The molecule has 20 heavy (non-hydrogen) atoms. The summed E-state index contributed by atoms with van der Waals surface area (Å²) in [6, 6.07) is 6.48.